The molecule has 3 aromatic rings. The second-order valence-corrected chi connectivity index (χ2v) is 7.23. The van der Waals surface area contributed by atoms with Crippen molar-refractivity contribution in [3.05, 3.63) is 39.9 Å². The highest BCUT2D eigenvalue weighted by Gasteiger charge is 2.15. The van der Waals surface area contributed by atoms with Crippen molar-refractivity contribution in [3.63, 3.8) is 0 Å². The lowest BCUT2D eigenvalue weighted by molar-refractivity contribution is 0.0958. The van der Waals surface area contributed by atoms with Crippen LogP contribution in [-0.4, -0.2) is 48.3 Å². The highest BCUT2D eigenvalue weighted by Crippen LogP contribution is 2.14. The molecule has 1 amide bonds. The number of nitrogens with zero attached hydrogens (tertiary/aromatic N) is 6. The van der Waals surface area contributed by atoms with Crippen LogP contribution in [0.1, 0.15) is 45.9 Å². The summed E-state index contributed by atoms with van der Waals surface area (Å²) in [6.07, 6.45) is 1.69. The van der Waals surface area contributed by atoms with E-state index in [1.807, 2.05) is 32.9 Å². The largest absolute Gasteiger partial charge is 0.368 e. The van der Waals surface area contributed by atoms with Gasteiger partial charge in [-0.15, -0.1) is 5.10 Å². The zero-order valence-corrected chi connectivity index (χ0v) is 17.3. The molecule has 9 nitrogen and oxygen atoms in total. The minimum atomic E-state index is -0.137. The van der Waals surface area contributed by atoms with Crippen molar-refractivity contribution in [2.45, 2.75) is 40.5 Å². The molecule has 0 radical (unpaired) electrons. The third kappa shape index (κ3) is 4.69. The normalized spacial score (nSPS) is 10.9. The van der Waals surface area contributed by atoms with E-state index in [0.29, 0.717) is 35.4 Å². The molecule has 0 spiro atoms. The van der Waals surface area contributed by atoms with Gasteiger partial charge >= 0.3 is 0 Å². The number of carbonyl (C=O) groups excluding carboxylic acids is 1. The van der Waals surface area contributed by atoms with Gasteiger partial charge in [-0.3, -0.25) is 4.79 Å². The second-order valence-electron chi connectivity index (χ2n) is 6.48. The third-order valence-electron chi connectivity index (χ3n) is 4.02. The topological polar surface area (TPSA) is 111 Å². The van der Waals surface area contributed by atoms with E-state index in [2.05, 4.69) is 42.2 Å². The number of aryl methyl sites for hydroxylation is 4. The van der Waals surface area contributed by atoms with E-state index in [0.717, 1.165) is 41.5 Å². The van der Waals surface area contributed by atoms with E-state index in [4.69, 9.17) is 0 Å². The molecule has 3 rings (SSSR count). The number of rotatable bonds is 8. The molecule has 0 fully saturated rings. The number of amides is 1. The van der Waals surface area contributed by atoms with Crippen LogP contribution in [0.2, 0.25) is 0 Å². The molecule has 0 aliphatic heterocycles. The molecule has 0 aliphatic carbocycles. The van der Waals surface area contributed by atoms with Gasteiger partial charge in [0.05, 0.1) is 11.4 Å². The summed E-state index contributed by atoms with van der Waals surface area (Å²) in [6.45, 7) is 8.82. The lowest BCUT2D eigenvalue weighted by atomic mass is 10.2. The predicted molar refractivity (Wildman–Crippen MR) is 108 cm³/mol. The molecule has 10 heteroatoms. The molecule has 0 atom stereocenters. The van der Waals surface area contributed by atoms with Crippen molar-refractivity contribution in [2.75, 3.05) is 18.4 Å². The summed E-state index contributed by atoms with van der Waals surface area (Å²) in [5.74, 6) is 1.92. The molecule has 0 aromatic carbocycles. The van der Waals surface area contributed by atoms with Gasteiger partial charge in [-0.2, -0.15) is 5.10 Å². The minimum absolute atomic E-state index is 0.137. The lowest BCUT2D eigenvalue weighted by Crippen LogP contribution is -2.29. The molecule has 28 heavy (non-hydrogen) atoms. The summed E-state index contributed by atoms with van der Waals surface area (Å²) in [4.78, 5) is 21.8. The van der Waals surface area contributed by atoms with Gasteiger partial charge in [-0.1, -0.05) is 17.8 Å². The van der Waals surface area contributed by atoms with Gasteiger partial charge in [0.25, 0.3) is 5.91 Å². The Kier molecular flexibility index (Phi) is 6.30. The van der Waals surface area contributed by atoms with Crippen LogP contribution in [0.4, 0.5) is 5.82 Å². The Bertz CT molecular complexity index is 964. The molecular weight excluding hydrogens is 376 g/mol. The molecule has 0 saturated heterocycles. The summed E-state index contributed by atoms with van der Waals surface area (Å²) in [5.41, 5.74) is 2.71. The number of nitrogens with one attached hydrogen (secondary N) is 2. The van der Waals surface area contributed by atoms with Gasteiger partial charge in [0, 0.05) is 24.8 Å². The zero-order chi connectivity index (χ0) is 20.1. The Morgan fingerprint density at radius 3 is 2.71 bits per heavy atom. The maximum absolute atomic E-state index is 12.3. The van der Waals surface area contributed by atoms with E-state index in [1.165, 1.54) is 0 Å². The van der Waals surface area contributed by atoms with Crippen LogP contribution < -0.4 is 10.6 Å². The SMILES string of the molecule is CCCc1nnsc1C(=O)NCCNc1cc(-n2nc(C)cc2C)nc(C)n1. The second kappa shape index (κ2) is 8.87. The molecule has 3 heterocycles. The minimum Gasteiger partial charge on any atom is -0.368 e. The molecule has 0 unspecified atom stereocenters. The van der Waals surface area contributed by atoms with Gasteiger partial charge in [-0.05, 0) is 44.8 Å². The van der Waals surface area contributed by atoms with E-state index in [1.54, 1.807) is 4.68 Å². The highest BCUT2D eigenvalue weighted by atomic mass is 32.1. The molecular formula is C18H24N8OS. The fourth-order valence-corrected chi connectivity index (χ4v) is 3.46. The maximum Gasteiger partial charge on any atom is 0.265 e. The highest BCUT2D eigenvalue weighted by molar-refractivity contribution is 7.08. The zero-order valence-electron chi connectivity index (χ0n) is 16.5. The maximum atomic E-state index is 12.3. The molecule has 148 valence electrons. The lowest BCUT2D eigenvalue weighted by Gasteiger charge is -2.10. The quantitative estimate of drug-likeness (QED) is 0.558. The summed E-state index contributed by atoms with van der Waals surface area (Å²) >= 11 is 1.13. The summed E-state index contributed by atoms with van der Waals surface area (Å²) in [7, 11) is 0. The van der Waals surface area contributed by atoms with Crippen LogP contribution in [-0.2, 0) is 6.42 Å². The Morgan fingerprint density at radius 2 is 2.00 bits per heavy atom. The molecule has 0 bridgehead atoms. The summed E-state index contributed by atoms with van der Waals surface area (Å²) in [6, 6.07) is 3.85. The van der Waals surface area contributed by atoms with Crippen LogP contribution >= 0.6 is 11.5 Å². The van der Waals surface area contributed by atoms with Crippen molar-refractivity contribution in [1.82, 2.24) is 34.7 Å². The van der Waals surface area contributed by atoms with Crippen LogP contribution in [0.25, 0.3) is 5.82 Å². The fraction of sp³-hybridized carbons (Fsp3) is 0.444. The van der Waals surface area contributed by atoms with Crippen LogP contribution in [0.15, 0.2) is 12.1 Å². The van der Waals surface area contributed by atoms with Crippen LogP contribution in [0.5, 0.6) is 0 Å². The number of hydrogen-bond donors (Lipinski definition) is 2. The number of hydrogen-bond acceptors (Lipinski definition) is 8. The number of aromatic nitrogens is 6. The Balaban J connectivity index is 1.58. The number of carbonyl (C=O) groups is 1. The van der Waals surface area contributed by atoms with Gasteiger partial charge in [0.1, 0.15) is 16.5 Å². The number of anilines is 1. The van der Waals surface area contributed by atoms with E-state index >= 15 is 0 Å². The molecule has 0 saturated carbocycles. The predicted octanol–water partition coefficient (Wildman–Crippen LogP) is 2.23. The Morgan fingerprint density at radius 1 is 1.18 bits per heavy atom. The smallest absolute Gasteiger partial charge is 0.265 e. The van der Waals surface area contributed by atoms with Gasteiger partial charge in [0.15, 0.2) is 5.82 Å². The monoisotopic (exact) mass is 400 g/mol. The van der Waals surface area contributed by atoms with Gasteiger partial charge in [0.2, 0.25) is 0 Å². The average molecular weight is 401 g/mol. The molecule has 2 N–H and O–H groups in total. The summed E-state index contributed by atoms with van der Waals surface area (Å²) < 4.78 is 5.68. The standard InChI is InChI=1S/C18H24N8OS/c1-5-6-14-17(28-25-23-14)18(27)20-8-7-19-15-10-16(22-13(4)21-15)26-12(3)9-11(2)24-26/h9-10H,5-8H2,1-4H3,(H,20,27)(H,19,21,22). The van der Waals surface area contributed by atoms with E-state index < -0.39 is 0 Å². The molecule has 0 aliphatic rings. The first-order valence-corrected chi connectivity index (χ1v) is 9.98. The van der Waals surface area contributed by atoms with Crippen molar-refractivity contribution in [1.29, 1.82) is 0 Å². The first-order valence-electron chi connectivity index (χ1n) is 9.20. The van der Waals surface area contributed by atoms with Crippen LogP contribution in [0, 0.1) is 20.8 Å². The van der Waals surface area contributed by atoms with Gasteiger partial charge < -0.3 is 10.6 Å². The average Bonchev–Trinajstić information content (AvgIpc) is 3.24. The first-order chi connectivity index (χ1) is 13.5. The van der Waals surface area contributed by atoms with Crippen molar-refractivity contribution >= 4 is 23.3 Å². The Hall–Kier alpha value is -2.88. The first kappa shape index (κ1) is 19.9. The third-order valence-corrected chi connectivity index (χ3v) is 4.78. The van der Waals surface area contributed by atoms with Crippen molar-refractivity contribution in [2.24, 2.45) is 0 Å². The van der Waals surface area contributed by atoms with Gasteiger partial charge in [-0.25, -0.2) is 14.6 Å². The Labute approximate surface area is 167 Å². The fourth-order valence-electron chi connectivity index (χ4n) is 2.84. The van der Waals surface area contributed by atoms with E-state index in [9.17, 15) is 4.79 Å². The van der Waals surface area contributed by atoms with Crippen molar-refractivity contribution in [3.8, 4) is 5.82 Å². The van der Waals surface area contributed by atoms with E-state index in [-0.39, 0.29) is 5.91 Å². The molecule has 3 aromatic heterocycles. The van der Waals surface area contributed by atoms with Crippen LogP contribution in [0.3, 0.4) is 0 Å². The van der Waals surface area contributed by atoms with Crippen molar-refractivity contribution < 1.29 is 4.79 Å². The summed E-state index contributed by atoms with van der Waals surface area (Å²) in [5, 5.41) is 14.6.